The molecule has 0 unspecified atom stereocenters. The number of rotatable bonds is 6. The standard InChI is InChI=1S/C23H14Cl2N2O5S/c24-17-6-1-2-7-19(17)26-22(28)21(33-23(26)29)12-14-8-9-20(18(25)11-14)32-13-15-4-3-5-16(10-15)27(30)31/h1-12H,13H2/b21-12-. The molecule has 166 valence electrons. The molecule has 0 radical (unpaired) electrons. The molecule has 3 aromatic carbocycles. The molecule has 33 heavy (non-hydrogen) atoms. The summed E-state index contributed by atoms with van der Waals surface area (Å²) in [6.07, 6.45) is 1.57. The smallest absolute Gasteiger partial charge is 0.298 e. The summed E-state index contributed by atoms with van der Waals surface area (Å²) in [5, 5.41) is 11.1. The van der Waals surface area contributed by atoms with E-state index >= 15 is 0 Å². The van der Waals surface area contributed by atoms with Crippen molar-refractivity contribution in [1.82, 2.24) is 0 Å². The minimum Gasteiger partial charge on any atom is -0.487 e. The van der Waals surface area contributed by atoms with Crippen molar-refractivity contribution in [1.29, 1.82) is 0 Å². The van der Waals surface area contributed by atoms with Crippen LogP contribution in [0.5, 0.6) is 5.75 Å². The van der Waals surface area contributed by atoms with Crippen molar-refractivity contribution in [3.05, 3.63) is 103 Å². The average molecular weight is 501 g/mol. The molecular weight excluding hydrogens is 487 g/mol. The second kappa shape index (κ2) is 9.66. The number of carbonyl (C=O) groups is 2. The molecule has 0 atom stereocenters. The third-order valence-corrected chi connectivity index (χ3v) is 6.14. The van der Waals surface area contributed by atoms with Crippen LogP contribution in [0, 0.1) is 10.1 Å². The van der Waals surface area contributed by atoms with Crippen LogP contribution in [0.15, 0.2) is 71.6 Å². The van der Waals surface area contributed by atoms with Gasteiger partial charge in [-0.2, -0.15) is 0 Å². The number of para-hydroxylation sites is 1. The first kappa shape index (κ1) is 22.8. The van der Waals surface area contributed by atoms with Gasteiger partial charge in [0.25, 0.3) is 16.8 Å². The van der Waals surface area contributed by atoms with Crippen LogP contribution in [-0.4, -0.2) is 16.1 Å². The molecule has 1 heterocycles. The Labute approximate surface area is 202 Å². The van der Waals surface area contributed by atoms with E-state index in [1.54, 1.807) is 60.7 Å². The van der Waals surface area contributed by atoms with Crippen molar-refractivity contribution in [3.63, 3.8) is 0 Å². The molecule has 7 nitrogen and oxygen atoms in total. The van der Waals surface area contributed by atoms with E-state index in [0.717, 1.165) is 16.7 Å². The highest BCUT2D eigenvalue weighted by Crippen LogP contribution is 2.39. The highest BCUT2D eigenvalue weighted by atomic mass is 35.5. The normalized spacial score (nSPS) is 14.7. The topological polar surface area (TPSA) is 89.7 Å². The Morgan fingerprint density at radius 3 is 2.52 bits per heavy atom. The first-order valence-electron chi connectivity index (χ1n) is 9.51. The zero-order valence-electron chi connectivity index (χ0n) is 16.7. The van der Waals surface area contributed by atoms with Gasteiger partial charge in [0.1, 0.15) is 12.4 Å². The molecular formula is C23H14Cl2N2O5S. The van der Waals surface area contributed by atoms with Crippen molar-refractivity contribution in [2.45, 2.75) is 6.61 Å². The second-order valence-corrected chi connectivity index (χ2v) is 8.68. The minimum absolute atomic E-state index is 0.0247. The van der Waals surface area contributed by atoms with Gasteiger partial charge in [-0.3, -0.25) is 19.7 Å². The highest BCUT2D eigenvalue weighted by Gasteiger charge is 2.37. The molecule has 1 saturated heterocycles. The molecule has 0 aliphatic carbocycles. The van der Waals surface area contributed by atoms with Gasteiger partial charge in [-0.25, -0.2) is 4.90 Å². The Balaban J connectivity index is 1.50. The Morgan fingerprint density at radius 2 is 1.79 bits per heavy atom. The molecule has 10 heteroatoms. The molecule has 4 rings (SSSR count). The van der Waals surface area contributed by atoms with Crippen molar-refractivity contribution < 1.29 is 19.2 Å². The molecule has 1 aliphatic heterocycles. The van der Waals surface area contributed by atoms with Crippen LogP contribution in [0.25, 0.3) is 6.08 Å². The number of carbonyl (C=O) groups excluding carboxylic acids is 2. The SMILES string of the molecule is O=C1S/C(=C\c2ccc(OCc3cccc([N+](=O)[O-])c3)c(Cl)c2)C(=O)N1c1ccccc1Cl. The Hall–Kier alpha value is -3.33. The fraction of sp³-hybridized carbons (Fsp3) is 0.0435. The summed E-state index contributed by atoms with van der Waals surface area (Å²) in [4.78, 5) is 36.9. The van der Waals surface area contributed by atoms with Gasteiger partial charge < -0.3 is 4.74 Å². The number of benzene rings is 3. The van der Waals surface area contributed by atoms with E-state index in [9.17, 15) is 19.7 Å². The van der Waals surface area contributed by atoms with Gasteiger partial charge in [0.2, 0.25) is 0 Å². The van der Waals surface area contributed by atoms with Crippen LogP contribution < -0.4 is 9.64 Å². The van der Waals surface area contributed by atoms with E-state index < -0.39 is 16.1 Å². The van der Waals surface area contributed by atoms with E-state index in [-0.39, 0.29) is 17.2 Å². The van der Waals surface area contributed by atoms with Gasteiger partial charge in [0.05, 0.1) is 25.6 Å². The average Bonchev–Trinajstić information content (AvgIpc) is 3.06. The molecule has 1 fully saturated rings. The molecule has 2 amide bonds. The summed E-state index contributed by atoms with van der Waals surface area (Å²) < 4.78 is 5.68. The number of nitrogens with zero attached hydrogens (tertiary/aromatic N) is 2. The number of hydrogen-bond acceptors (Lipinski definition) is 6. The lowest BCUT2D eigenvalue weighted by Crippen LogP contribution is -2.27. The van der Waals surface area contributed by atoms with Gasteiger partial charge in [0, 0.05) is 12.1 Å². The lowest BCUT2D eigenvalue weighted by Gasteiger charge is -2.13. The number of ether oxygens (including phenoxy) is 1. The maximum Gasteiger partial charge on any atom is 0.298 e. The maximum atomic E-state index is 12.8. The molecule has 0 N–H and O–H groups in total. The van der Waals surface area contributed by atoms with Gasteiger partial charge in [-0.1, -0.05) is 53.5 Å². The number of thioether (sulfide) groups is 1. The summed E-state index contributed by atoms with van der Waals surface area (Å²) >= 11 is 13.3. The zero-order chi connectivity index (χ0) is 23.5. The third-order valence-electron chi connectivity index (χ3n) is 4.66. The monoisotopic (exact) mass is 500 g/mol. The first-order valence-corrected chi connectivity index (χ1v) is 11.1. The van der Waals surface area contributed by atoms with Crippen LogP contribution in [0.4, 0.5) is 16.2 Å². The number of non-ortho nitro benzene ring substituents is 1. The fourth-order valence-corrected chi connectivity index (χ4v) is 4.40. The number of nitro groups is 1. The fourth-order valence-electron chi connectivity index (χ4n) is 3.10. The molecule has 0 spiro atoms. The largest absolute Gasteiger partial charge is 0.487 e. The molecule has 1 aliphatic rings. The predicted molar refractivity (Wildman–Crippen MR) is 129 cm³/mol. The van der Waals surface area contributed by atoms with Crippen LogP contribution in [0.3, 0.4) is 0 Å². The second-order valence-electron chi connectivity index (χ2n) is 6.87. The quantitative estimate of drug-likeness (QED) is 0.212. The Morgan fingerprint density at radius 1 is 1.00 bits per heavy atom. The third kappa shape index (κ3) is 5.03. The van der Waals surface area contributed by atoms with E-state index in [1.165, 1.54) is 12.1 Å². The van der Waals surface area contributed by atoms with Gasteiger partial charge >= 0.3 is 0 Å². The van der Waals surface area contributed by atoms with E-state index in [1.807, 2.05) is 0 Å². The van der Waals surface area contributed by atoms with Crippen LogP contribution in [-0.2, 0) is 11.4 Å². The Kier molecular flexibility index (Phi) is 6.69. The van der Waals surface area contributed by atoms with Crippen molar-refractivity contribution in [3.8, 4) is 5.75 Å². The van der Waals surface area contributed by atoms with Crippen LogP contribution in [0.2, 0.25) is 10.0 Å². The van der Waals surface area contributed by atoms with Crippen molar-refractivity contribution in [2.24, 2.45) is 0 Å². The zero-order valence-corrected chi connectivity index (χ0v) is 19.1. The lowest BCUT2D eigenvalue weighted by atomic mass is 10.2. The van der Waals surface area contributed by atoms with Crippen LogP contribution >= 0.6 is 35.0 Å². The molecule has 0 bridgehead atoms. The number of nitro benzene ring substituents is 1. The maximum absolute atomic E-state index is 12.8. The number of halogens is 2. The lowest BCUT2D eigenvalue weighted by molar-refractivity contribution is -0.384. The van der Waals surface area contributed by atoms with Gasteiger partial charge in [-0.05, 0) is 53.2 Å². The number of hydrogen-bond donors (Lipinski definition) is 0. The molecule has 0 saturated carbocycles. The van der Waals surface area contributed by atoms with Crippen molar-refractivity contribution >= 4 is 63.6 Å². The molecule has 3 aromatic rings. The van der Waals surface area contributed by atoms with Gasteiger partial charge in [0.15, 0.2) is 0 Å². The van der Waals surface area contributed by atoms with E-state index in [2.05, 4.69) is 0 Å². The molecule has 0 aromatic heterocycles. The summed E-state index contributed by atoms with van der Waals surface area (Å²) in [6.45, 7) is 0.0947. The summed E-state index contributed by atoms with van der Waals surface area (Å²) in [5.41, 5.74) is 1.53. The van der Waals surface area contributed by atoms with Gasteiger partial charge in [-0.15, -0.1) is 0 Å². The first-order chi connectivity index (χ1) is 15.8. The van der Waals surface area contributed by atoms with E-state index in [4.69, 9.17) is 27.9 Å². The van der Waals surface area contributed by atoms with E-state index in [0.29, 0.717) is 32.6 Å². The summed E-state index contributed by atoms with van der Waals surface area (Å²) in [6, 6.07) is 17.7. The number of anilines is 1. The number of imide groups is 1. The van der Waals surface area contributed by atoms with Crippen molar-refractivity contribution in [2.75, 3.05) is 4.90 Å². The van der Waals surface area contributed by atoms with Crippen LogP contribution in [0.1, 0.15) is 11.1 Å². The summed E-state index contributed by atoms with van der Waals surface area (Å²) in [7, 11) is 0. The summed E-state index contributed by atoms with van der Waals surface area (Å²) in [5.74, 6) is -0.0929. The number of amides is 2. The highest BCUT2D eigenvalue weighted by molar-refractivity contribution is 8.19. The minimum atomic E-state index is -0.473. The Bertz CT molecular complexity index is 1310. The predicted octanol–water partition coefficient (Wildman–Crippen LogP) is 6.72.